The van der Waals surface area contributed by atoms with Gasteiger partial charge in [-0.1, -0.05) is 13.3 Å². The molecule has 4 rings (SSSR count). The van der Waals surface area contributed by atoms with Crippen molar-refractivity contribution in [2.45, 2.75) is 46.7 Å². The zero-order chi connectivity index (χ0) is 21.4. The van der Waals surface area contributed by atoms with Gasteiger partial charge in [0.25, 0.3) is 5.91 Å². The lowest BCUT2D eigenvalue weighted by atomic mass is 10.2. The Morgan fingerprint density at radius 1 is 1.17 bits per heavy atom. The number of fused-ring (bicyclic) bond motifs is 1. The number of unbranched alkanes of at least 4 members (excludes halogenated alkanes) is 1. The predicted molar refractivity (Wildman–Crippen MR) is 115 cm³/mol. The molecule has 0 atom stereocenters. The van der Waals surface area contributed by atoms with E-state index in [2.05, 4.69) is 22.1 Å². The summed E-state index contributed by atoms with van der Waals surface area (Å²) in [5.74, 6) is 0.0688. The van der Waals surface area contributed by atoms with Crippen LogP contribution in [-0.2, 0) is 20.1 Å². The number of nitrogens with two attached hydrogens (primary N) is 1. The first-order valence-corrected chi connectivity index (χ1v) is 10.2. The van der Waals surface area contributed by atoms with Crippen molar-refractivity contribution < 1.29 is 4.79 Å². The van der Waals surface area contributed by atoms with Crippen LogP contribution in [0.5, 0.6) is 0 Å². The second-order valence-electron chi connectivity index (χ2n) is 7.42. The summed E-state index contributed by atoms with van der Waals surface area (Å²) in [5, 5.41) is 9.87. The van der Waals surface area contributed by atoms with Crippen LogP contribution in [0.3, 0.4) is 0 Å². The Hall–Kier alpha value is -3.49. The van der Waals surface area contributed by atoms with Gasteiger partial charge in [-0.05, 0) is 32.4 Å². The fraction of sp³-hybridized carbons (Fsp3) is 0.381. The predicted octanol–water partition coefficient (Wildman–Crippen LogP) is 2.92. The molecule has 0 aliphatic carbocycles. The number of primary amides is 1. The third-order valence-corrected chi connectivity index (χ3v) is 5.17. The molecule has 0 aromatic carbocycles. The summed E-state index contributed by atoms with van der Waals surface area (Å²) < 4.78 is 5.74. The van der Waals surface area contributed by atoms with E-state index < -0.39 is 5.91 Å². The van der Waals surface area contributed by atoms with Gasteiger partial charge in [-0.15, -0.1) is 0 Å². The molecular weight excluding hydrogens is 380 g/mol. The SMILES string of the molecule is CCCCn1nc(C)cc1-c1cn(C)c(-c2nc(C(N)=O)cc3c2cnn3CC)n1. The Morgan fingerprint density at radius 3 is 2.67 bits per heavy atom. The number of amides is 1. The van der Waals surface area contributed by atoms with Crippen LogP contribution in [0.4, 0.5) is 0 Å². The lowest BCUT2D eigenvalue weighted by molar-refractivity contribution is 0.0996. The second-order valence-corrected chi connectivity index (χ2v) is 7.42. The molecule has 4 aromatic heterocycles. The van der Waals surface area contributed by atoms with E-state index in [-0.39, 0.29) is 5.69 Å². The highest BCUT2D eigenvalue weighted by Crippen LogP contribution is 2.30. The van der Waals surface area contributed by atoms with Gasteiger partial charge in [0, 0.05) is 31.7 Å². The molecule has 9 nitrogen and oxygen atoms in total. The van der Waals surface area contributed by atoms with Gasteiger partial charge in [-0.25, -0.2) is 9.97 Å². The van der Waals surface area contributed by atoms with Crippen LogP contribution >= 0.6 is 0 Å². The normalized spacial score (nSPS) is 11.5. The fourth-order valence-corrected chi connectivity index (χ4v) is 3.66. The number of pyridine rings is 1. The molecule has 4 aromatic rings. The largest absolute Gasteiger partial charge is 0.364 e. The number of carbonyl (C=O) groups excluding carboxylic acids is 1. The standard InChI is InChI=1S/C21H26N8O/c1-5-7-8-29-18(9-13(3)26-29)16-12-27(4)21(25-16)19-14-11-23-28(6-2)17(14)10-15(24-19)20(22)30/h9-12H,5-8H2,1-4H3,(H2,22,30). The molecule has 9 heteroatoms. The highest BCUT2D eigenvalue weighted by molar-refractivity contribution is 5.99. The van der Waals surface area contributed by atoms with Crippen molar-refractivity contribution in [3.63, 3.8) is 0 Å². The quantitative estimate of drug-likeness (QED) is 0.507. The molecular formula is C21H26N8O. The molecule has 0 unspecified atom stereocenters. The Kier molecular flexibility index (Phi) is 5.11. The monoisotopic (exact) mass is 406 g/mol. The summed E-state index contributed by atoms with van der Waals surface area (Å²) >= 11 is 0. The van der Waals surface area contributed by atoms with Gasteiger partial charge >= 0.3 is 0 Å². The number of hydrogen-bond acceptors (Lipinski definition) is 5. The summed E-state index contributed by atoms with van der Waals surface area (Å²) in [6.45, 7) is 7.65. The Balaban J connectivity index is 1.88. The lowest BCUT2D eigenvalue weighted by Crippen LogP contribution is -2.14. The van der Waals surface area contributed by atoms with E-state index in [9.17, 15) is 4.79 Å². The average molecular weight is 406 g/mol. The summed E-state index contributed by atoms with van der Waals surface area (Å²) in [6.07, 6.45) is 5.86. The topological polar surface area (TPSA) is 109 Å². The van der Waals surface area contributed by atoms with Crippen LogP contribution in [0.25, 0.3) is 33.8 Å². The average Bonchev–Trinajstić information content (AvgIpc) is 3.41. The first-order chi connectivity index (χ1) is 14.4. The first-order valence-electron chi connectivity index (χ1n) is 10.2. The maximum absolute atomic E-state index is 11.9. The van der Waals surface area contributed by atoms with Crippen LogP contribution in [-0.4, -0.2) is 40.0 Å². The Morgan fingerprint density at radius 2 is 1.97 bits per heavy atom. The van der Waals surface area contributed by atoms with Crippen molar-refractivity contribution in [2.75, 3.05) is 0 Å². The van der Waals surface area contributed by atoms with Gasteiger partial charge in [-0.2, -0.15) is 10.2 Å². The number of hydrogen-bond donors (Lipinski definition) is 1. The van der Waals surface area contributed by atoms with Crippen molar-refractivity contribution in [1.29, 1.82) is 0 Å². The van der Waals surface area contributed by atoms with E-state index in [4.69, 9.17) is 10.7 Å². The second kappa shape index (κ2) is 7.74. The number of aromatic nitrogens is 7. The maximum atomic E-state index is 11.9. The van der Waals surface area contributed by atoms with Crippen molar-refractivity contribution in [3.8, 4) is 22.9 Å². The molecule has 0 saturated heterocycles. The molecule has 0 saturated carbocycles. The summed E-state index contributed by atoms with van der Waals surface area (Å²) in [7, 11) is 1.92. The van der Waals surface area contributed by atoms with E-state index >= 15 is 0 Å². The molecule has 0 aliphatic rings. The summed E-state index contributed by atoms with van der Waals surface area (Å²) in [6, 6.07) is 3.73. The Labute approximate surface area is 174 Å². The highest BCUT2D eigenvalue weighted by Gasteiger charge is 2.20. The van der Waals surface area contributed by atoms with E-state index in [1.54, 1.807) is 12.3 Å². The van der Waals surface area contributed by atoms with Crippen LogP contribution < -0.4 is 5.73 Å². The molecule has 1 amide bonds. The number of nitrogens with zero attached hydrogens (tertiary/aromatic N) is 7. The highest BCUT2D eigenvalue weighted by atomic mass is 16.1. The number of aryl methyl sites for hydroxylation is 4. The van der Waals surface area contributed by atoms with E-state index in [0.29, 0.717) is 18.1 Å². The van der Waals surface area contributed by atoms with Crippen LogP contribution in [0.1, 0.15) is 42.9 Å². The Bertz CT molecular complexity index is 1230. The number of rotatable bonds is 7. The van der Waals surface area contributed by atoms with E-state index in [1.165, 1.54) is 0 Å². The van der Waals surface area contributed by atoms with Crippen molar-refractivity contribution in [1.82, 2.24) is 34.1 Å². The molecule has 2 N–H and O–H groups in total. The van der Waals surface area contributed by atoms with Crippen LogP contribution in [0.15, 0.2) is 24.5 Å². The smallest absolute Gasteiger partial charge is 0.267 e. The maximum Gasteiger partial charge on any atom is 0.267 e. The lowest BCUT2D eigenvalue weighted by Gasteiger charge is -2.06. The minimum absolute atomic E-state index is 0.195. The summed E-state index contributed by atoms with van der Waals surface area (Å²) in [5.41, 5.74) is 9.87. The van der Waals surface area contributed by atoms with Gasteiger partial charge in [-0.3, -0.25) is 14.2 Å². The van der Waals surface area contributed by atoms with Gasteiger partial charge in [0.2, 0.25) is 0 Å². The fourth-order valence-electron chi connectivity index (χ4n) is 3.66. The number of carbonyl (C=O) groups is 1. The molecule has 4 heterocycles. The van der Waals surface area contributed by atoms with Crippen LogP contribution in [0, 0.1) is 6.92 Å². The van der Waals surface area contributed by atoms with E-state index in [1.807, 2.05) is 47.1 Å². The molecule has 0 spiro atoms. The zero-order valence-corrected chi connectivity index (χ0v) is 17.8. The molecule has 0 aliphatic heterocycles. The summed E-state index contributed by atoms with van der Waals surface area (Å²) in [4.78, 5) is 21.3. The molecule has 30 heavy (non-hydrogen) atoms. The molecule has 0 radical (unpaired) electrons. The minimum atomic E-state index is -0.579. The van der Waals surface area contributed by atoms with Gasteiger partial charge in [0.05, 0.1) is 23.1 Å². The van der Waals surface area contributed by atoms with Crippen molar-refractivity contribution in [2.24, 2.45) is 12.8 Å². The molecule has 0 fully saturated rings. The number of imidazole rings is 1. The minimum Gasteiger partial charge on any atom is -0.364 e. The van der Waals surface area contributed by atoms with E-state index in [0.717, 1.165) is 47.4 Å². The molecule has 0 bridgehead atoms. The third-order valence-electron chi connectivity index (χ3n) is 5.17. The molecule has 156 valence electrons. The van der Waals surface area contributed by atoms with Gasteiger partial charge in [0.1, 0.15) is 17.1 Å². The zero-order valence-electron chi connectivity index (χ0n) is 17.8. The van der Waals surface area contributed by atoms with Crippen molar-refractivity contribution in [3.05, 3.63) is 35.9 Å². The third kappa shape index (κ3) is 3.36. The van der Waals surface area contributed by atoms with Crippen LogP contribution in [0.2, 0.25) is 0 Å². The van der Waals surface area contributed by atoms with Gasteiger partial charge < -0.3 is 10.3 Å². The van der Waals surface area contributed by atoms with Gasteiger partial charge in [0.15, 0.2) is 5.82 Å². The first kappa shape index (κ1) is 19.8. The van der Waals surface area contributed by atoms with Crippen molar-refractivity contribution >= 4 is 16.8 Å².